The summed E-state index contributed by atoms with van der Waals surface area (Å²) >= 11 is 0. The van der Waals surface area contributed by atoms with Gasteiger partial charge in [-0.2, -0.15) is 0 Å². The van der Waals surface area contributed by atoms with Crippen molar-refractivity contribution in [3.63, 3.8) is 0 Å². The smallest absolute Gasteiger partial charge is 0.147 e. The highest BCUT2D eigenvalue weighted by Crippen LogP contribution is 2.11. The average molecular weight is 259 g/mol. The fourth-order valence-corrected chi connectivity index (χ4v) is 9.77. The molecule has 0 bridgehead atoms. The highest BCUT2D eigenvalue weighted by molar-refractivity contribution is 7.10. The number of likely N-dealkylation sites (N-methyl/N-ethyl adjacent to an activating group) is 1. The molecule has 0 spiro atoms. The summed E-state index contributed by atoms with van der Waals surface area (Å²) in [4.78, 5) is 5.09. The summed E-state index contributed by atoms with van der Waals surface area (Å²) in [7, 11) is 1.88. The second kappa shape index (κ2) is 6.91. The Bertz CT molecular complexity index is 192. The fraction of sp³-hybridized carbons (Fsp3) is 1.00. The Morgan fingerprint density at radius 1 is 1.25 bits per heavy atom. The van der Waals surface area contributed by atoms with Crippen LogP contribution in [0.3, 0.4) is 0 Å². The van der Waals surface area contributed by atoms with Crippen LogP contribution in [0.2, 0.25) is 12.1 Å². The molecule has 0 aromatic rings. The van der Waals surface area contributed by atoms with Gasteiger partial charge in [-0.25, -0.2) is 0 Å². The van der Waals surface area contributed by atoms with Crippen molar-refractivity contribution in [2.24, 2.45) is 0 Å². The van der Waals surface area contributed by atoms with E-state index >= 15 is 0 Å². The van der Waals surface area contributed by atoms with Crippen LogP contribution in [0.1, 0.15) is 12.8 Å². The summed E-state index contributed by atoms with van der Waals surface area (Å²) in [6, 6.07) is 3.16. The summed E-state index contributed by atoms with van der Waals surface area (Å²) in [5.74, 6) is 0. The van der Waals surface area contributed by atoms with Crippen molar-refractivity contribution in [2.45, 2.75) is 24.9 Å². The van der Waals surface area contributed by atoms with Crippen LogP contribution in [0.25, 0.3) is 0 Å². The standard InChI is InChI=1S/C11H26N2OSi2/c1-12-5-7-13(8-6-12)4-2-10-16-11-3-9-14-15-16/h16H,2-11,15H2,1H3. The molecule has 94 valence electrons. The quantitative estimate of drug-likeness (QED) is 0.653. The Morgan fingerprint density at radius 3 is 2.75 bits per heavy atom. The highest BCUT2D eigenvalue weighted by atomic mass is 29.2. The molecule has 0 N–H and O–H groups in total. The molecule has 2 heterocycles. The maximum atomic E-state index is 5.72. The normalized spacial score (nSPS) is 30.9. The second-order valence-electron chi connectivity index (χ2n) is 5.37. The van der Waals surface area contributed by atoms with Crippen LogP contribution < -0.4 is 0 Å². The zero-order valence-electron chi connectivity index (χ0n) is 10.7. The first kappa shape index (κ1) is 12.8. The monoisotopic (exact) mass is 258 g/mol. The zero-order chi connectivity index (χ0) is 11.2. The van der Waals surface area contributed by atoms with Gasteiger partial charge in [-0.3, -0.25) is 0 Å². The Kier molecular flexibility index (Phi) is 5.51. The van der Waals surface area contributed by atoms with Crippen molar-refractivity contribution in [3.05, 3.63) is 0 Å². The Labute approximate surface area is 103 Å². The van der Waals surface area contributed by atoms with E-state index in [0.717, 1.165) is 6.61 Å². The molecule has 2 aliphatic rings. The van der Waals surface area contributed by atoms with Crippen LogP contribution in [-0.2, 0) is 4.43 Å². The van der Waals surface area contributed by atoms with Crippen molar-refractivity contribution in [2.75, 3.05) is 46.4 Å². The maximum absolute atomic E-state index is 5.72. The van der Waals surface area contributed by atoms with Gasteiger partial charge in [-0.05, 0) is 26.4 Å². The van der Waals surface area contributed by atoms with E-state index in [4.69, 9.17) is 4.43 Å². The molecule has 2 aliphatic heterocycles. The van der Waals surface area contributed by atoms with Gasteiger partial charge >= 0.3 is 0 Å². The SMILES string of the molecule is CN1CCN(CCC[SiH]2CCCO[SiH2]2)CC1. The molecule has 1 atom stereocenters. The molecular formula is C11H26N2OSi2. The summed E-state index contributed by atoms with van der Waals surface area (Å²) in [5, 5.41) is 0. The van der Waals surface area contributed by atoms with Crippen LogP contribution in [0, 0.1) is 0 Å². The summed E-state index contributed by atoms with van der Waals surface area (Å²) in [6.45, 7) is 7.55. The molecule has 1 unspecified atom stereocenters. The maximum Gasteiger partial charge on any atom is 0.147 e. The molecular weight excluding hydrogens is 232 g/mol. The van der Waals surface area contributed by atoms with Crippen LogP contribution in [-0.4, -0.2) is 73.8 Å². The molecule has 16 heavy (non-hydrogen) atoms. The first-order chi connectivity index (χ1) is 7.84. The third kappa shape index (κ3) is 4.29. The average Bonchev–Trinajstić information content (AvgIpc) is 2.33. The van der Waals surface area contributed by atoms with E-state index in [1.165, 1.54) is 45.6 Å². The molecule has 0 radical (unpaired) electrons. The van der Waals surface area contributed by atoms with E-state index in [0.29, 0.717) is 0 Å². The molecule has 2 rings (SSSR count). The Hall–Kier alpha value is 0.314. The summed E-state index contributed by atoms with van der Waals surface area (Å²) < 4.78 is 5.72. The lowest BCUT2D eigenvalue weighted by atomic mass is 10.3. The zero-order valence-corrected chi connectivity index (χ0v) is 13.2. The fourth-order valence-electron chi connectivity index (χ4n) is 2.71. The molecule has 2 fully saturated rings. The highest BCUT2D eigenvalue weighted by Gasteiger charge is 2.17. The minimum atomic E-state index is -0.331. The molecule has 0 aromatic heterocycles. The molecule has 0 amide bonds. The van der Waals surface area contributed by atoms with E-state index in [1.807, 2.05) is 0 Å². The molecule has 3 nitrogen and oxygen atoms in total. The van der Waals surface area contributed by atoms with Gasteiger partial charge in [0.1, 0.15) is 9.28 Å². The van der Waals surface area contributed by atoms with Gasteiger partial charge in [0.05, 0.1) is 8.31 Å². The van der Waals surface area contributed by atoms with Crippen LogP contribution >= 0.6 is 0 Å². The van der Waals surface area contributed by atoms with Crippen molar-refractivity contribution >= 4 is 17.6 Å². The van der Waals surface area contributed by atoms with Crippen molar-refractivity contribution < 1.29 is 4.43 Å². The number of nitrogens with zero attached hydrogens (tertiary/aromatic N) is 2. The van der Waals surface area contributed by atoms with Crippen LogP contribution in [0.5, 0.6) is 0 Å². The molecule has 0 saturated carbocycles. The van der Waals surface area contributed by atoms with Gasteiger partial charge in [-0.15, -0.1) is 0 Å². The van der Waals surface area contributed by atoms with Crippen LogP contribution in [0.4, 0.5) is 0 Å². The van der Waals surface area contributed by atoms with Gasteiger partial charge in [0.25, 0.3) is 0 Å². The minimum Gasteiger partial charge on any atom is -0.428 e. The van der Waals surface area contributed by atoms with E-state index in [9.17, 15) is 0 Å². The predicted octanol–water partition coefficient (Wildman–Crippen LogP) is -0.148. The summed E-state index contributed by atoms with van der Waals surface area (Å²) in [6.07, 6.45) is 2.83. The third-order valence-corrected chi connectivity index (χ3v) is 12.0. The van der Waals surface area contributed by atoms with Crippen LogP contribution in [0.15, 0.2) is 0 Å². The van der Waals surface area contributed by atoms with E-state index in [1.54, 1.807) is 12.1 Å². The molecule has 0 aromatic carbocycles. The van der Waals surface area contributed by atoms with Crippen molar-refractivity contribution in [3.8, 4) is 0 Å². The molecule has 5 heteroatoms. The largest absolute Gasteiger partial charge is 0.428 e. The van der Waals surface area contributed by atoms with Crippen molar-refractivity contribution in [1.82, 2.24) is 9.80 Å². The van der Waals surface area contributed by atoms with E-state index in [-0.39, 0.29) is 17.6 Å². The third-order valence-electron chi connectivity index (χ3n) is 3.94. The lowest BCUT2D eigenvalue weighted by Crippen LogP contribution is -2.44. The van der Waals surface area contributed by atoms with E-state index < -0.39 is 0 Å². The predicted molar refractivity (Wildman–Crippen MR) is 74.4 cm³/mol. The number of piperazine rings is 1. The number of hydrogen-bond donors (Lipinski definition) is 0. The van der Waals surface area contributed by atoms with Gasteiger partial charge < -0.3 is 14.2 Å². The lowest BCUT2D eigenvalue weighted by Gasteiger charge is -2.32. The summed E-state index contributed by atoms with van der Waals surface area (Å²) in [5.41, 5.74) is 0. The van der Waals surface area contributed by atoms with Gasteiger partial charge in [0.2, 0.25) is 0 Å². The van der Waals surface area contributed by atoms with E-state index in [2.05, 4.69) is 16.8 Å². The topological polar surface area (TPSA) is 15.7 Å². The minimum absolute atomic E-state index is 0.0226. The second-order valence-corrected chi connectivity index (χ2v) is 13.5. The van der Waals surface area contributed by atoms with Gasteiger partial charge in [-0.1, -0.05) is 12.1 Å². The first-order valence-electron chi connectivity index (χ1n) is 6.83. The molecule has 2 saturated heterocycles. The Morgan fingerprint density at radius 2 is 2.06 bits per heavy atom. The number of rotatable bonds is 4. The first-order valence-corrected chi connectivity index (χ1v) is 12.3. The van der Waals surface area contributed by atoms with Gasteiger partial charge in [0.15, 0.2) is 0 Å². The lowest BCUT2D eigenvalue weighted by molar-refractivity contribution is 0.154. The van der Waals surface area contributed by atoms with Crippen molar-refractivity contribution in [1.29, 1.82) is 0 Å². The molecule has 0 aliphatic carbocycles. The number of hydrogen-bond acceptors (Lipinski definition) is 3. The Balaban J connectivity index is 1.53. The van der Waals surface area contributed by atoms with Gasteiger partial charge in [0, 0.05) is 32.8 Å².